The molecule has 0 atom stereocenters. The summed E-state index contributed by atoms with van der Waals surface area (Å²) in [6, 6.07) is 2.42. The van der Waals surface area contributed by atoms with Gasteiger partial charge in [-0.3, -0.25) is 0 Å². The van der Waals surface area contributed by atoms with Gasteiger partial charge in [-0.1, -0.05) is 0 Å². The minimum Gasteiger partial charge on any atom is -0.204 e. The first-order valence-electron chi connectivity index (χ1n) is 3.08. The van der Waals surface area contributed by atoms with Gasteiger partial charge in [-0.25, -0.2) is 8.78 Å². The van der Waals surface area contributed by atoms with Crippen molar-refractivity contribution in [1.29, 1.82) is 0 Å². The third kappa shape index (κ3) is 1.01. The van der Waals surface area contributed by atoms with Gasteiger partial charge in [0.1, 0.15) is 0 Å². The molecular formula is C8H4F2S. The van der Waals surface area contributed by atoms with Gasteiger partial charge < -0.3 is 0 Å². The minimum atomic E-state index is -0.782. The maximum Gasteiger partial charge on any atom is 0.159 e. The third-order valence-electron chi connectivity index (χ3n) is 1.52. The van der Waals surface area contributed by atoms with E-state index in [9.17, 15) is 8.78 Å². The van der Waals surface area contributed by atoms with E-state index < -0.39 is 11.6 Å². The number of hydrogen-bond acceptors (Lipinski definition) is 1. The Kier molecular flexibility index (Phi) is 1.39. The van der Waals surface area contributed by atoms with Crippen molar-refractivity contribution in [1.82, 2.24) is 0 Å². The molecule has 56 valence electrons. The summed E-state index contributed by atoms with van der Waals surface area (Å²) in [7, 11) is 0. The highest BCUT2D eigenvalue weighted by atomic mass is 32.1. The van der Waals surface area contributed by atoms with Crippen LogP contribution in [0.2, 0.25) is 0 Å². The van der Waals surface area contributed by atoms with Crippen LogP contribution in [0.4, 0.5) is 8.78 Å². The minimum absolute atomic E-state index is 0.758. The van der Waals surface area contributed by atoms with Crippen molar-refractivity contribution in [2.75, 3.05) is 0 Å². The first-order chi connectivity index (χ1) is 5.27. The Morgan fingerprint density at radius 2 is 1.36 bits per heavy atom. The summed E-state index contributed by atoms with van der Waals surface area (Å²) in [6.45, 7) is 0. The van der Waals surface area contributed by atoms with E-state index in [2.05, 4.69) is 0 Å². The monoisotopic (exact) mass is 170 g/mol. The second-order valence-electron chi connectivity index (χ2n) is 2.27. The fourth-order valence-electron chi connectivity index (χ4n) is 0.962. The number of thiophene rings is 1. The van der Waals surface area contributed by atoms with E-state index in [1.165, 1.54) is 23.5 Å². The van der Waals surface area contributed by atoms with E-state index in [1.807, 2.05) is 0 Å². The SMILES string of the molecule is Fc1cc2cscc2cc1F. The molecule has 11 heavy (non-hydrogen) atoms. The van der Waals surface area contributed by atoms with E-state index in [0.717, 1.165) is 10.8 Å². The number of benzene rings is 1. The van der Waals surface area contributed by atoms with E-state index >= 15 is 0 Å². The summed E-state index contributed by atoms with van der Waals surface area (Å²) in [6.07, 6.45) is 0. The van der Waals surface area contributed by atoms with Gasteiger partial charge in [0, 0.05) is 0 Å². The predicted molar refractivity (Wildman–Crippen MR) is 41.7 cm³/mol. The average Bonchev–Trinajstić information content (AvgIpc) is 2.36. The van der Waals surface area contributed by atoms with Gasteiger partial charge in [0.05, 0.1) is 0 Å². The van der Waals surface area contributed by atoms with Crippen LogP contribution in [0, 0.1) is 11.6 Å². The van der Waals surface area contributed by atoms with Crippen molar-refractivity contribution >= 4 is 22.1 Å². The van der Waals surface area contributed by atoms with Crippen LogP contribution in [0.15, 0.2) is 22.9 Å². The van der Waals surface area contributed by atoms with E-state index in [4.69, 9.17) is 0 Å². The molecular weight excluding hydrogens is 166 g/mol. The molecule has 0 nitrogen and oxygen atoms in total. The zero-order chi connectivity index (χ0) is 7.84. The second kappa shape index (κ2) is 2.27. The molecule has 0 amide bonds. The summed E-state index contributed by atoms with van der Waals surface area (Å²) in [5, 5.41) is 5.10. The summed E-state index contributed by atoms with van der Waals surface area (Å²) in [5.74, 6) is -1.56. The van der Waals surface area contributed by atoms with Crippen molar-refractivity contribution in [2.45, 2.75) is 0 Å². The molecule has 0 saturated carbocycles. The smallest absolute Gasteiger partial charge is 0.159 e. The fourth-order valence-corrected chi connectivity index (χ4v) is 1.73. The standard InChI is InChI=1S/C8H4F2S/c9-7-1-5-3-11-4-6(5)2-8(7)10/h1-4H. The topological polar surface area (TPSA) is 0 Å². The molecule has 0 N–H and O–H groups in total. The molecule has 1 aromatic heterocycles. The van der Waals surface area contributed by atoms with Gasteiger partial charge in [-0.05, 0) is 33.7 Å². The van der Waals surface area contributed by atoms with E-state index in [1.54, 1.807) is 10.8 Å². The highest BCUT2D eigenvalue weighted by Crippen LogP contribution is 2.21. The lowest BCUT2D eigenvalue weighted by atomic mass is 10.2. The fraction of sp³-hybridized carbons (Fsp3) is 0. The maximum atomic E-state index is 12.6. The zero-order valence-electron chi connectivity index (χ0n) is 5.47. The van der Waals surface area contributed by atoms with Gasteiger partial charge in [0.2, 0.25) is 0 Å². The number of halogens is 2. The van der Waals surface area contributed by atoms with Crippen molar-refractivity contribution < 1.29 is 8.78 Å². The Labute approximate surface area is 66.1 Å². The number of fused-ring (bicyclic) bond motifs is 1. The summed E-state index contributed by atoms with van der Waals surface area (Å²) in [5.41, 5.74) is 0. The molecule has 0 saturated heterocycles. The molecule has 0 unspecified atom stereocenters. The van der Waals surface area contributed by atoms with Crippen LogP contribution < -0.4 is 0 Å². The van der Waals surface area contributed by atoms with Crippen molar-refractivity contribution in [2.24, 2.45) is 0 Å². The molecule has 0 aliphatic heterocycles. The van der Waals surface area contributed by atoms with Crippen LogP contribution in [0.1, 0.15) is 0 Å². The summed E-state index contributed by atoms with van der Waals surface area (Å²) < 4.78 is 25.1. The molecule has 2 rings (SSSR count). The highest BCUT2D eigenvalue weighted by molar-refractivity contribution is 7.09. The lowest BCUT2D eigenvalue weighted by Gasteiger charge is -1.91. The molecule has 0 aliphatic carbocycles. The second-order valence-corrected chi connectivity index (χ2v) is 3.01. The molecule has 0 radical (unpaired) electrons. The number of rotatable bonds is 0. The van der Waals surface area contributed by atoms with E-state index in [-0.39, 0.29) is 0 Å². The normalized spacial score (nSPS) is 10.7. The lowest BCUT2D eigenvalue weighted by Crippen LogP contribution is -1.80. The largest absolute Gasteiger partial charge is 0.204 e. The van der Waals surface area contributed by atoms with Crippen LogP contribution in [-0.2, 0) is 0 Å². The zero-order valence-corrected chi connectivity index (χ0v) is 6.29. The summed E-state index contributed by atoms with van der Waals surface area (Å²) >= 11 is 1.44. The van der Waals surface area contributed by atoms with Gasteiger partial charge in [0.15, 0.2) is 11.6 Å². The molecule has 1 aromatic carbocycles. The van der Waals surface area contributed by atoms with E-state index in [0.29, 0.717) is 0 Å². The molecule has 0 spiro atoms. The molecule has 0 bridgehead atoms. The molecule has 2 aromatic rings. The van der Waals surface area contributed by atoms with Crippen LogP contribution in [-0.4, -0.2) is 0 Å². The average molecular weight is 170 g/mol. The van der Waals surface area contributed by atoms with Crippen molar-refractivity contribution in [3.05, 3.63) is 34.5 Å². The maximum absolute atomic E-state index is 12.6. The molecule has 0 fully saturated rings. The Bertz CT molecular complexity index is 356. The first kappa shape index (κ1) is 6.73. The van der Waals surface area contributed by atoms with Gasteiger partial charge in [-0.2, -0.15) is 11.3 Å². The Balaban J connectivity index is 2.86. The predicted octanol–water partition coefficient (Wildman–Crippen LogP) is 3.18. The van der Waals surface area contributed by atoms with Gasteiger partial charge in [-0.15, -0.1) is 0 Å². The third-order valence-corrected chi connectivity index (χ3v) is 2.30. The highest BCUT2D eigenvalue weighted by Gasteiger charge is 2.03. The van der Waals surface area contributed by atoms with Crippen LogP contribution in [0.25, 0.3) is 10.8 Å². The van der Waals surface area contributed by atoms with Crippen molar-refractivity contribution in [3.8, 4) is 0 Å². The quantitative estimate of drug-likeness (QED) is 0.569. The Morgan fingerprint density at radius 3 is 1.82 bits per heavy atom. The molecule has 0 aliphatic rings. The van der Waals surface area contributed by atoms with Crippen LogP contribution in [0.5, 0.6) is 0 Å². The van der Waals surface area contributed by atoms with Gasteiger partial charge in [0.25, 0.3) is 0 Å². The lowest BCUT2D eigenvalue weighted by molar-refractivity contribution is 0.511. The molecule has 1 heterocycles. The first-order valence-corrected chi connectivity index (χ1v) is 4.02. The van der Waals surface area contributed by atoms with Gasteiger partial charge >= 0.3 is 0 Å². The van der Waals surface area contributed by atoms with Crippen LogP contribution in [0.3, 0.4) is 0 Å². The van der Waals surface area contributed by atoms with Crippen LogP contribution >= 0.6 is 11.3 Å². The summed E-state index contributed by atoms with van der Waals surface area (Å²) in [4.78, 5) is 0. The Morgan fingerprint density at radius 1 is 0.909 bits per heavy atom. The molecule has 3 heteroatoms. The number of hydrogen-bond donors (Lipinski definition) is 0. The van der Waals surface area contributed by atoms with Crippen molar-refractivity contribution in [3.63, 3.8) is 0 Å². The Hall–Kier alpha value is -0.960.